The highest BCUT2D eigenvalue weighted by Gasteiger charge is 2.04. The van der Waals surface area contributed by atoms with Crippen LogP contribution in [-0.2, 0) is 12.3 Å². The second-order valence-corrected chi connectivity index (χ2v) is 5.36. The molecule has 2 aromatic rings. The summed E-state index contributed by atoms with van der Waals surface area (Å²) < 4.78 is 13.3. The third-order valence-corrected chi connectivity index (χ3v) is 4.25. The van der Waals surface area contributed by atoms with E-state index >= 15 is 0 Å². The van der Waals surface area contributed by atoms with Gasteiger partial charge in [-0.25, -0.2) is 9.37 Å². The van der Waals surface area contributed by atoms with Gasteiger partial charge in [-0.05, 0) is 12.1 Å². The van der Waals surface area contributed by atoms with Crippen molar-refractivity contribution in [3.63, 3.8) is 0 Å². The van der Waals surface area contributed by atoms with Gasteiger partial charge in [-0.3, -0.25) is 0 Å². The van der Waals surface area contributed by atoms with Gasteiger partial charge in [0.1, 0.15) is 10.8 Å². The average Bonchev–Trinajstić information content (AvgIpc) is 2.76. The zero-order valence-corrected chi connectivity index (χ0v) is 10.2. The molecule has 0 unspecified atom stereocenters. The van der Waals surface area contributed by atoms with Gasteiger partial charge >= 0.3 is 0 Å². The molecule has 1 aromatic carbocycles. The van der Waals surface area contributed by atoms with Gasteiger partial charge in [0.15, 0.2) is 0 Å². The van der Waals surface area contributed by atoms with Crippen molar-refractivity contribution >= 4 is 23.1 Å². The number of rotatable bonds is 4. The minimum absolute atomic E-state index is 0.178. The predicted molar refractivity (Wildman–Crippen MR) is 66.0 cm³/mol. The summed E-state index contributed by atoms with van der Waals surface area (Å²) in [6.45, 7) is 0.516. The molecule has 0 aliphatic carbocycles. The fraction of sp³-hybridized carbons (Fsp3) is 0.182. The van der Waals surface area contributed by atoms with E-state index in [1.54, 1.807) is 29.7 Å². The lowest BCUT2D eigenvalue weighted by Gasteiger charge is -1.99. The van der Waals surface area contributed by atoms with Crippen molar-refractivity contribution in [3.05, 3.63) is 46.2 Å². The third-order valence-electron chi connectivity index (χ3n) is 1.99. The fourth-order valence-corrected chi connectivity index (χ4v) is 2.95. The molecule has 0 amide bonds. The van der Waals surface area contributed by atoms with Crippen LogP contribution in [0.15, 0.2) is 35.4 Å². The van der Waals surface area contributed by atoms with Gasteiger partial charge in [0.05, 0.1) is 5.75 Å². The smallest absolute Gasteiger partial charge is 0.136 e. The van der Waals surface area contributed by atoms with E-state index in [9.17, 15) is 4.39 Å². The van der Waals surface area contributed by atoms with Gasteiger partial charge < -0.3 is 5.73 Å². The number of hydrogen-bond donors (Lipinski definition) is 1. The molecule has 1 heterocycles. The molecule has 2 N–H and O–H groups in total. The molecule has 5 heteroatoms. The Morgan fingerprint density at radius 2 is 2.19 bits per heavy atom. The van der Waals surface area contributed by atoms with Crippen molar-refractivity contribution in [2.75, 3.05) is 0 Å². The number of nitrogens with two attached hydrogens (primary N) is 1. The zero-order valence-electron chi connectivity index (χ0n) is 8.52. The topological polar surface area (TPSA) is 38.9 Å². The van der Waals surface area contributed by atoms with Crippen LogP contribution in [0, 0.1) is 5.82 Å². The van der Waals surface area contributed by atoms with E-state index in [1.165, 1.54) is 17.8 Å². The average molecular weight is 254 g/mol. The predicted octanol–water partition coefficient (Wildman–Crippen LogP) is 3.03. The van der Waals surface area contributed by atoms with Gasteiger partial charge in [0.25, 0.3) is 0 Å². The Morgan fingerprint density at radius 1 is 1.38 bits per heavy atom. The molecule has 2 rings (SSSR count). The molecule has 0 aliphatic rings. The molecule has 0 bridgehead atoms. The van der Waals surface area contributed by atoms with Gasteiger partial charge in [-0.15, -0.1) is 23.1 Å². The third kappa shape index (κ3) is 2.81. The van der Waals surface area contributed by atoms with Crippen molar-refractivity contribution in [3.8, 4) is 0 Å². The number of thioether (sulfide) groups is 1. The maximum absolute atomic E-state index is 13.3. The number of aromatic nitrogens is 1. The van der Waals surface area contributed by atoms with Crippen LogP contribution in [0.25, 0.3) is 0 Å². The van der Waals surface area contributed by atoms with Crippen LogP contribution in [0.4, 0.5) is 4.39 Å². The number of thiazole rings is 1. The Morgan fingerprint density at radius 3 is 2.88 bits per heavy atom. The fourth-order valence-electron chi connectivity index (χ4n) is 1.21. The zero-order chi connectivity index (χ0) is 11.4. The minimum Gasteiger partial charge on any atom is -0.326 e. The summed E-state index contributed by atoms with van der Waals surface area (Å²) in [5, 5.41) is 0.980. The van der Waals surface area contributed by atoms with E-state index in [1.807, 2.05) is 6.07 Å². The van der Waals surface area contributed by atoms with Crippen LogP contribution in [0.5, 0.6) is 0 Å². The normalized spacial score (nSPS) is 10.6. The van der Waals surface area contributed by atoms with Crippen LogP contribution in [0.2, 0.25) is 0 Å². The Hall–Kier alpha value is -0.910. The molecular weight excluding hydrogens is 243 g/mol. The first-order valence-corrected chi connectivity index (χ1v) is 6.61. The van der Waals surface area contributed by atoms with Gasteiger partial charge in [0.2, 0.25) is 0 Å². The van der Waals surface area contributed by atoms with E-state index in [2.05, 4.69) is 4.98 Å². The molecule has 0 spiro atoms. The van der Waals surface area contributed by atoms with Crippen molar-refractivity contribution in [2.24, 2.45) is 5.73 Å². The second kappa shape index (κ2) is 5.43. The first-order chi connectivity index (χ1) is 7.79. The van der Waals surface area contributed by atoms with Crippen LogP contribution in [0.3, 0.4) is 0 Å². The van der Waals surface area contributed by atoms with Crippen molar-refractivity contribution in [1.29, 1.82) is 0 Å². The number of nitrogens with zero attached hydrogens (tertiary/aromatic N) is 1. The monoisotopic (exact) mass is 254 g/mol. The largest absolute Gasteiger partial charge is 0.326 e. The summed E-state index contributed by atoms with van der Waals surface area (Å²) in [5.74, 6) is 0.508. The molecule has 2 nitrogen and oxygen atoms in total. The molecule has 0 radical (unpaired) electrons. The molecule has 0 atom stereocenters. The summed E-state index contributed by atoms with van der Waals surface area (Å²) in [6.07, 6.45) is 1.78. The van der Waals surface area contributed by atoms with Crippen molar-refractivity contribution < 1.29 is 4.39 Å². The molecule has 0 aliphatic heterocycles. The Balaban J connectivity index is 1.99. The standard InChI is InChI=1S/C11H11FN2S2/c12-9-3-1-2-4-10(9)15-7-11-14-6-8(5-13)16-11/h1-4,6H,5,7,13H2. The summed E-state index contributed by atoms with van der Waals surface area (Å²) in [4.78, 5) is 5.95. The quantitative estimate of drug-likeness (QED) is 0.852. The summed E-state index contributed by atoms with van der Waals surface area (Å²) in [5.41, 5.74) is 5.50. The highest BCUT2D eigenvalue weighted by Crippen LogP contribution is 2.26. The van der Waals surface area contributed by atoms with E-state index < -0.39 is 0 Å². The molecule has 16 heavy (non-hydrogen) atoms. The van der Waals surface area contributed by atoms with Gasteiger partial charge in [-0.2, -0.15) is 0 Å². The molecular formula is C11H11FN2S2. The van der Waals surface area contributed by atoms with Crippen LogP contribution in [0.1, 0.15) is 9.88 Å². The highest BCUT2D eigenvalue weighted by molar-refractivity contribution is 7.98. The SMILES string of the molecule is NCc1cnc(CSc2ccccc2F)s1. The van der Waals surface area contributed by atoms with Crippen molar-refractivity contribution in [1.82, 2.24) is 4.98 Å². The highest BCUT2D eigenvalue weighted by atomic mass is 32.2. The molecule has 1 aromatic heterocycles. The Bertz CT molecular complexity index is 471. The van der Waals surface area contributed by atoms with Crippen molar-refractivity contribution in [2.45, 2.75) is 17.2 Å². The lowest BCUT2D eigenvalue weighted by molar-refractivity contribution is 0.602. The lowest BCUT2D eigenvalue weighted by atomic mass is 10.3. The molecule has 0 fully saturated rings. The van der Waals surface area contributed by atoms with Crippen LogP contribution >= 0.6 is 23.1 Å². The Kier molecular flexibility index (Phi) is 3.93. The Labute approximate surface area is 102 Å². The second-order valence-electron chi connectivity index (χ2n) is 3.14. The summed E-state index contributed by atoms with van der Waals surface area (Å²) >= 11 is 3.03. The lowest BCUT2D eigenvalue weighted by Crippen LogP contribution is -1.91. The van der Waals surface area contributed by atoms with Crippen LogP contribution in [-0.4, -0.2) is 4.98 Å². The first-order valence-electron chi connectivity index (χ1n) is 4.80. The van der Waals surface area contributed by atoms with E-state index in [-0.39, 0.29) is 5.82 Å². The molecule has 0 saturated carbocycles. The maximum atomic E-state index is 13.3. The van der Waals surface area contributed by atoms with Gasteiger partial charge in [0, 0.05) is 22.5 Å². The maximum Gasteiger partial charge on any atom is 0.136 e. The summed E-state index contributed by atoms with van der Waals surface area (Å²) in [6, 6.07) is 6.76. The minimum atomic E-state index is -0.178. The molecule has 0 saturated heterocycles. The van der Waals surface area contributed by atoms with E-state index in [0.29, 0.717) is 17.2 Å². The number of hydrogen-bond acceptors (Lipinski definition) is 4. The molecule has 84 valence electrons. The van der Waals surface area contributed by atoms with Crippen LogP contribution < -0.4 is 5.73 Å². The number of benzene rings is 1. The first kappa shape index (κ1) is 11.6. The van der Waals surface area contributed by atoms with E-state index in [0.717, 1.165) is 9.88 Å². The number of halogens is 1. The summed E-state index contributed by atoms with van der Waals surface area (Å²) in [7, 11) is 0. The van der Waals surface area contributed by atoms with E-state index in [4.69, 9.17) is 5.73 Å². The van der Waals surface area contributed by atoms with Gasteiger partial charge in [-0.1, -0.05) is 12.1 Å².